The average molecular weight is 587 g/mol. The first-order chi connectivity index (χ1) is 19.8. The Morgan fingerprint density at radius 1 is 0.976 bits per heavy atom. The van der Waals surface area contributed by atoms with Crippen LogP contribution in [-0.2, 0) is 21.1 Å². The van der Waals surface area contributed by atoms with Crippen molar-refractivity contribution in [1.82, 2.24) is 19.8 Å². The molecule has 0 aliphatic carbocycles. The van der Waals surface area contributed by atoms with E-state index in [9.17, 15) is 13.2 Å². The maximum absolute atomic E-state index is 12.7. The summed E-state index contributed by atoms with van der Waals surface area (Å²) < 4.78 is 29.3. The number of H-pyrrole nitrogens is 1. The monoisotopic (exact) mass is 586 g/mol. The van der Waals surface area contributed by atoms with Gasteiger partial charge in [-0.25, -0.2) is 13.2 Å². The number of sulfone groups is 1. The molecule has 0 spiro atoms. The summed E-state index contributed by atoms with van der Waals surface area (Å²) in [6, 6.07) is 20.2. The van der Waals surface area contributed by atoms with Gasteiger partial charge in [0.15, 0.2) is 9.84 Å². The van der Waals surface area contributed by atoms with E-state index in [1.54, 1.807) is 12.1 Å². The number of carbonyl (C=O) groups is 1. The second kappa shape index (κ2) is 10.5. The average Bonchev–Trinajstić information content (AvgIpc) is 3.38. The normalized spacial score (nSPS) is 19.4. The molecule has 42 heavy (non-hydrogen) atoms. The smallest absolute Gasteiger partial charge is 0.410 e. The zero-order valence-electron chi connectivity index (χ0n) is 24.8. The van der Waals surface area contributed by atoms with Crippen LogP contribution in [0, 0.1) is 6.92 Å². The molecule has 0 radical (unpaired) electrons. The number of benzene rings is 2. The fraction of sp³-hybridized carbons (Fsp3) is 0.394. The lowest BCUT2D eigenvalue weighted by atomic mass is 9.90. The second-order valence-corrected chi connectivity index (χ2v) is 14.7. The number of carbonyl (C=O) groups excluding carboxylic acids is 1. The second-order valence-electron chi connectivity index (χ2n) is 12.7. The molecule has 9 heteroatoms. The highest BCUT2D eigenvalue weighted by Gasteiger charge is 2.42. The van der Waals surface area contributed by atoms with Crippen molar-refractivity contribution in [1.29, 1.82) is 0 Å². The first-order valence-corrected chi connectivity index (χ1v) is 16.4. The molecule has 220 valence electrons. The van der Waals surface area contributed by atoms with E-state index in [0.29, 0.717) is 10.9 Å². The molecule has 5 heterocycles. The number of aryl methyl sites for hydroxylation is 1. The fourth-order valence-corrected chi connectivity index (χ4v) is 6.78. The lowest BCUT2D eigenvalue weighted by Crippen LogP contribution is -2.63. The number of amides is 1. The number of ether oxygens (including phenoxy) is 1. The Labute approximate surface area is 247 Å². The van der Waals surface area contributed by atoms with Gasteiger partial charge in [-0.2, -0.15) is 0 Å². The summed E-state index contributed by atoms with van der Waals surface area (Å²) in [6.07, 6.45) is 3.15. The van der Waals surface area contributed by atoms with E-state index in [0.717, 1.165) is 71.6 Å². The molecular formula is C33H38N4O4S. The number of piperazine rings is 1. The molecule has 0 unspecified atom stereocenters. The minimum atomic E-state index is -3.24. The van der Waals surface area contributed by atoms with Crippen molar-refractivity contribution < 1.29 is 17.9 Å². The molecule has 2 aromatic heterocycles. The predicted molar refractivity (Wildman–Crippen MR) is 165 cm³/mol. The van der Waals surface area contributed by atoms with Crippen LogP contribution in [-0.4, -0.2) is 71.3 Å². The van der Waals surface area contributed by atoms with Crippen LogP contribution in [0.3, 0.4) is 0 Å². The lowest BCUT2D eigenvalue weighted by Gasteiger charge is -2.51. The largest absolute Gasteiger partial charge is 0.444 e. The van der Waals surface area contributed by atoms with Crippen molar-refractivity contribution in [2.45, 2.75) is 69.7 Å². The van der Waals surface area contributed by atoms with Crippen molar-refractivity contribution in [2.24, 2.45) is 0 Å². The Bertz CT molecular complexity index is 1740. The highest BCUT2D eigenvalue weighted by Crippen LogP contribution is 2.33. The molecule has 4 aromatic rings. The Hall–Kier alpha value is -3.69. The van der Waals surface area contributed by atoms with Crippen molar-refractivity contribution in [3.05, 3.63) is 71.9 Å². The molecule has 2 bridgehead atoms. The van der Waals surface area contributed by atoms with E-state index < -0.39 is 15.4 Å². The first kappa shape index (κ1) is 28.4. The Balaban J connectivity index is 1.16. The van der Waals surface area contributed by atoms with Crippen molar-refractivity contribution >= 4 is 26.8 Å². The summed E-state index contributed by atoms with van der Waals surface area (Å²) in [5.74, 6) is 0. The summed E-state index contributed by atoms with van der Waals surface area (Å²) in [5.41, 5.74) is 6.47. The SMILES string of the molecule is Cc1nc(-c2ccc(CN3C[C@H]4CC[C@@H]3CN4C(=O)OC(C)(C)C)cc2)cc2[nH]c(-c3ccc(S(C)(=O)=O)cc3)cc12. The molecule has 3 saturated heterocycles. The van der Waals surface area contributed by atoms with Crippen LogP contribution in [0.2, 0.25) is 0 Å². The molecular weight excluding hydrogens is 548 g/mol. The minimum Gasteiger partial charge on any atom is -0.444 e. The number of rotatable bonds is 5. The van der Waals surface area contributed by atoms with Gasteiger partial charge in [0.1, 0.15) is 5.60 Å². The number of fused-ring (bicyclic) bond motifs is 4. The van der Waals surface area contributed by atoms with Crippen LogP contribution in [0.5, 0.6) is 0 Å². The van der Waals surface area contributed by atoms with Gasteiger partial charge in [0.25, 0.3) is 0 Å². The zero-order valence-corrected chi connectivity index (χ0v) is 25.7. The van der Waals surface area contributed by atoms with E-state index in [-0.39, 0.29) is 12.1 Å². The number of hydrogen-bond acceptors (Lipinski definition) is 6. The minimum absolute atomic E-state index is 0.194. The van der Waals surface area contributed by atoms with Crippen molar-refractivity contribution in [2.75, 3.05) is 19.3 Å². The number of nitrogens with one attached hydrogen (secondary N) is 1. The molecule has 8 nitrogen and oxygen atoms in total. The van der Waals surface area contributed by atoms with Gasteiger partial charge in [-0.3, -0.25) is 9.88 Å². The quantitative estimate of drug-likeness (QED) is 0.300. The third-order valence-corrected chi connectivity index (χ3v) is 9.44. The van der Waals surface area contributed by atoms with Crippen LogP contribution in [0.1, 0.15) is 44.9 Å². The molecule has 0 saturated carbocycles. The lowest BCUT2D eigenvalue weighted by molar-refractivity contribution is -0.0436. The standard InChI is InChI=1S/C33H38N4O4S/c1-21-28-16-29(24-10-14-27(15-11-24)42(5,39)40)35-31(28)17-30(34-21)23-8-6-22(7-9-23)18-36-19-26-13-12-25(36)20-37(26)32(38)41-33(2,3)4/h6-11,14-17,25-26,35H,12-13,18-20H2,1-5H3/t25-,26-/m1/s1. The first-order valence-electron chi connectivity index (χ1n) is 14.5. The maximum atomic E-state index is 12.7. The van der Waals surface area contributed by atoms with Gasteiger partial charge in [-0.05, 0) is 75.9 Å². The summed E-state index contributed by atoms with van der Waals surface area (Å²) in [5, 5.41) is 1.04. The van der Waals surface area contributed by atoms with Crippen LogP contribution in [0.15, 0.2) is 65.6 Å². The molecule has 2 atom stereocenters. The van der Waals surface area contributed by atoms with Gasteiger partial charge >= 0.3 is 6.09 Å². The highest BCUT2D eigenvalue weighted by atomic mass is 32.2. The van der Waals surface area contributed by atoms with Crippen molar-refractivity contribution in [3.63, 3.8) is 0 Å². The number of hydrogen-bond donors (Lipinski definition) is 1. The molecule has 3 fully saturated rings. The van der Waals surface area contributed by atoms with E-state index >= 15 is 0 Å². The summed E-state index contributed by atoms with van der Waals surface area (Å²) in [4.78, 5) is 25.8. The zero-order chi connectivity index (χ0) is 29.8. The third-order valence-electron chi connectivity index (χ3n) is 8.31. The van der Waals surface area contributed by atoms with E-state index in [4.69, 9.17) is 9.72 Å². The maximum Gasteiger partial charge on any atom is 0.410 e. The third kappa shape index (κ3) is 5.80. The Morgan fingerprint density at radius 3 is 2.26 bits per heavy atom. The van der Waals surface area contributed by atoms with Gasteiger partial charge < -0.3 is 14.6 Å². The van der Waals surface area contributed by atoms with Gasteiger partial charge in [0.2, 0.25) is 0 Å². The summed E-state index contributed by atoms with van der Waals surface area (Å²) >= 11 is 0. The van der Waals surface area contributed by atoms with Gasteiger partial charge in [0.05, 0.1) is 10.6 Å². The highest BCUT2D eigenvalue weighted by molar-refractivity contribution is 7.90. The molecule has 3 aliphatic heterocycles. The molecule has 2 aromatic carbocycles. The van der Waals surface area contributed by atoms with E-state index in [1.165, 1.54) is 11.8 Å². The number of aromatic amines is 1. The van der Waals surface area contributed by atoms with Crippen LogP contribution >= 0.6 is 0 Å². The summed E-state index contributed by atoms with van der Waals surface area (Å²) in [7, 11) is -3.24. The Kier molecular flexibility index (Phi) is 7.14. The molecule has 1 N–H and O–H groups in total. The van der Waals surface area contributed by atoms with Crippen LogP contribution in [0.25, 0.3) is 33.4 Å². The van der Waals surface area contributed by atoms with E-state index in [2.05, 4.69) is 46.3 Å². The number of pyridine rings is 1. The van der Waals surface area contributed by atoms with Gasteiger partial charge in [0, 0.05) is 65.8 Å². The van der Waals surface area contributed by atoms with Crippen molar-refractivity contribution in [3.8, 4) is 22.5 Å². The van der Waals surface area contributed by atoms with Gasteiger partial charge in [-0.1, -0.05) is 36.4 Å². The number of aromatic nitrogens is 2. The molecule has 3 aliphatic rings. The van der Waals surface area contributed by atoms with Crippen LogP contribution < -0.4 is 0 Å². The predicted octanol–water partition coefficient (Wildman–Crippen LogP) is 6.19. The molecule has 7 rings (SSSR count). The number of nitrogens with zero attached hydrogens (tertiary/aromatic N) is 3. The topological polar surface area (TPSA) is 95.6 Å². The van der Waals surface area contributed by atoms with Crippen LogP contribution in [0.4, 0.5) is 4.79 Å². The summed E-state index contributed by atoms with van der Waals surface area (Å²) in [6.45, 7) is 10.2. The van der Waals surface area contributed by atoms with E-state index in [1.807, 2.05) is 44.7 Å². The van der Waals surface area contributed by atoms with Gasteiger partial charge in [-0.15, -0.1) is 0 Å². The number of piperidine rings is 2. The Morgan fingerprint density at radius 2 is 1.64 bits per heavy atom. The molecule has 1 amide bonds. The fourth-order valence-electron chi connectivity index (χ4n) is 6.15.